The van der Waals surface area contributed by atoms with Crippen molar-refractivity contribution in [1.82, 2.24) is 0 Å². The van der Waals surface area contributed by atoms with Crippen LogP contribution in [-0.4, -0.2) is 12.1 Å². The molecule has 0 atom stereocenters. The van der Waals surface area contributed by atoms with Gasteiger partial charge in [-0.2, -0.15) is 0 Å². The number of aliphatic hydroxyl groups is 1. The molecule has 1 aromatic carbocycles. The molecule has 0 unspecified atom stereocenters. The second-order valence-corrected chi connectivity index (χ2v) is 4.79. The fourth-order valence-corrected chi connectivity index (χ4v) is 2.44. The first-order valence-electron chi connectivity index (χ1n) is 5.95. The smallest absolute Gasteiger partial charge is 0.445 e. The van der Waals surface area contributed by atoms with Gasteiger partial charge in [-0.15, -0.1) is 5.46 Å². The van der Waals surface area contributed by atoms with Crippen LogP contribution >= 0.6 is 0 Å². The van der Waals surface area contributed by atoms with Gasteiger partial charge >= 0.3 is 58.4 Å². The maximum absolute atomic E-state index is 12.5. The van der Waals surface area contributed by atoms with Crippen molar-refractivity contribution in [2.45, 2.75) is 37.7 Å². The van der Waals surface area contributed by atoms with Crippen LogP contribution in [0, 0.1) is 0 Å². The maximum atomic E-state index is 12.5. The topological polar surface area (TPSA) is 20.2 Å². The minimum Gasteiger partial charge on any atom is -0.445 e. The summed E-state index contributed by atoms with van der Waals surface area (Å²) in [5.74, 6) is 0. The largest absolute Gasteiger partial charge is 1.00 e. The molecular formula is C12H15BF3KO. The second kappa shape index (κ2) is 6.41. The molecule has 6 heteroatoms. The normalized spacial score (nSPS) is 19.1. The van der Waals surface area contributed by atoms with Crippen LogP contribution in [0.4, 0.5) is 12.9 Å². The monoisotopic (exact) mass is 282 g/mol. The minimum absolute atomic E-state index is 0. The third-order valence-electron chi connectivity index (χ3n) is 3.51. The Morgan fingerprint density at radius 3 is 1.89 bits per heavy atom. The van der Waals surface area contributed by atoms with Crippen molar-refractivity contribution in [2.24, 2.45) is 0 Å². The van der Waals surface area contributed by atoms with E-state index in [0.29, 0.717) is 18.4 Å². The quantitative estimate of drug-likeness (QED) is 0.751. The molecule has 18 heavy (non-hydrogen) atoms. The zero-order valence-corrected chi connectivity index (χ0v) is 13.6. The van der Waals surface area contributed by atoms with E-state index in [2.05, 4.69) is 0 Å². The molecule has 94 valence electrons. The molecule has 0 bridgehead atoms. The number of hydrogen-bond donors (Lipinski definition) is 1. The molecule has 0 aliphatic heterocycles. The zero-order valence-electron chi connectivity index (χ0n) is 10.5. The standard InChI is InChI=1S/C12H15BF3O.K/c14-13(15,16)11-6-4-10(5-7-11)12(17)8-2-1-3-9-12;/h4-7,17H,1-3,8-9H2;/q-1;+1. The van der Waals surface area contributed by atoms with Crippen LogP contribution in [0.3, 0.4) is 0 Å². The second-order valence-electron chi connectivity index (χ2n) is 4.79. The molecule has 1 saturated carbocycles. The van der Waals surface area contributed by atoms with Gasteiger partial charge in [0.15, 0.2) is 0 Å². The van der Waals surface area contributed by atoms with Crippen LogP contribution in [0.1, 0.15) is 37.7 Å². The van der Waals surface area contributed by atoms with Crippen molar-refractivity contribution in [3.8, 4) is 0 Å². The summed E-state index contributed by atoms with van der Waals surface area (Å²) in [7, 11) is 0. The molecule has 1 aliphatic carbocycles. The average Bonchev–Trinajstić information content (AvgIpc) is 2.29. The van der Waals surface area contributed by atoms with Gasteiger partial charge in [0, 0.05) is 0 Å². The van der Waals surface area contributed by atoms with Gasteiger partial charge in [0.25, 0.3) is 0 Å². The number of rotatable bonds is 2. The third kappa shape index (κ3) is 3.84. The van der Waals surface area contributed by atoms with E-state index in [1.807, 2.05) is 0 Å². The van der Waals surface area contributed by atoms with Crippen LogP contribution in [0.15, 0.2) is 24.3 Å². The fraction of sp³-hybridized carbons (Fsp3) is 0.500. The summed E-state index contributed by atoms with van der Waals surface area (Å²) in [6.07, 6.45) is 4.24. The number of halogens is 3. The molecule has 0 aromatic heterocycles. The molecule has 0 radical (unpaired) electrons. The Hall–Kier alpha value is 0.671. The Kier molecular flexibility index (Phi) is 5.96. The Labute approximate surface area is 148 Å². The van der Waals surface area contributed by atoms with Crippen molar-refractivity contribution < 1.29 is 69.4 Å². The summed E-state index contributed by atoms with van der Waals surface area (Å²) in [6.45, 7) is -4.94. The molecule has 1 fully saturated rings. The summed E-state index contributed by atoms with van der Waals surface area (Å²) in [5.41, 5.74) is -0.913. The van der Waals surface area contributed by atoms with Crippen molar-refractivity contribution >= 4 is 12.4 Å². The molecule has 1 nitrogen and oxygen atoms in total. The van der Waals surface area contributed by atoms with Crippen molar-refractivity contribution in [1.29, 1.82) is 0 Å². The Morgan fingerprint density at radius 1 is 0.944 bits per heavy atom. The first-order chi connectivity index (χ1) is 7.92. The first-order valence-corrected chi connectivity index (χ1v) is 5.95. The van der Waals surface area contributed by atoms with E-state index >= 15 is 0 Å². The minimum atomic E-state index is -4.94. The van der Waals surface area contributed by atoms with Gasteiger partial charge in [-0.1, -0.05) is 43.5 Å². The Bertz CT molecular complexity index is 385. The van der Waals surface area contributed by atoms with Crippen molar-refractivity contribution in [3.63, 3.8) is 0 Å². The summed E-state index contributed by atoms with van der Waals surface area (Å²) in [4.78, 5) is 0. The molecule has 0 heterocycles. The molecule has 2 rings (SSSR count). The summed E-state index contributed by atoms with van der Waals surface area (Å²) in [6, 6.07) is 4.97. The first kappa shape index (κ1) is 16.7. The van der Waals surface area contributed by atoms with Crippen LogP contribution < -0.4 is 56.8 Å². The predicted octanol–water partition coefficient (Wildman–Crippen LogP) is -0.103. The fourth-order valence-electron chi connectivity index (χ4n) is 2.44. The van der Waals surface area contributed by atoms with Gasteiger partial charge in [0.2, 0.25) is 0 Å². The number of benzene rings is 1. The van der Waals surface area contributed by atoms with Gasteiger partial charge in [-0.3, -0.25) is 0 Å². The summed E-state index contributed by atoms with van der Waals surface area (Å²) < 4.78 is 37.4. The molecule has 0 saturated heterocycles. The van der Waals surface area contributed by atoms with E-state index in [1.54, 1.807) is 0 Å². The molecule has 0 spiro atoms. The number of hydrogen-bond acceptors (Lipinski definition) is 1. The maximum Gasteiger partial charge on any atom is 1.00 e. The van der Waals surface area contributed by atoms with Gasteiger partial charge in [0.1, 0.15) is 0 Å². The Morgan fingerprint density at radius 2 is 1.44 bits per heavy atom. The van der Waals surface area contributed by atoms with E-state index in [4.69, 9.17) is 0 Å². The molecule has 1 aromatic rings. The molecular weight excluding hydrogens is 267 g/mol. The van der Waals surface area contributed by atoms with Gasteiger partial charge in [-0.05, 0) is 18.4 Å². The molecule has 1 aliphatic rings. The van der Waals surface area contributed by atoms with E-state index in [1.165, 1.54) is 12.1 Å². The van der Waals surface area contributed by atoms with E-state index < -0.39 is 18.0 Å². The van der Waals surface area contributed by atoms with E-state index in [0.717, 1.165) is 31.4 Å². The van der Waals surface area contributed by atoms with Crippen LogP contribution in [0.5, 0.6) is 0 Å². The Balaban J connectivity index is 0.00000162. The van der Waals surface area contributed by atoms with Crippen LogP contribution in [0.2, 0.25) is 0 Å². The average molecular weight is 282 g/mol. The van der Waals surface area contributed by atoms with Gasteiger partial charge < -0.3 is 18.1 Å². The predicted molar refractivity (Wildman–Crippen MR) is 62.1 cm³/mol. The SMILES string of the molecule is OC1(c2ccc([B-](F)(F)F)cc2)CCCCC1.[K+]. The molecule has 0 amide bonds. The van der Waals surface area contributed by atoms with E-state index in [-0.39, 0.29) is 51.4 Å². The molecule has 1 N–H and O–H groups in total. The van der Waals surface area contributed by atoms with Crippen molar-refractivity contribution in [2.75, 3.05) is 0 Å². The summed E-state index contributed by atoms with van der Waals surface area (Å²) in [5, 5.41) is 10.4. The summed E-state index contributed by atoms with van der Waals surface area (Å²) >= 11 is 0. The van der Waals surface area contributed by atoms with Gasteiger partial charge in [0.05, 0.1) is 5.60 Å². The van der Waals surface area contributed by atoms with Crippen LogP contribution in [0.25, 0.3) is 0 Å². The zero-order chi connectivity index (χ0) is 12.5. The van der Waals surface area contributed by atoms with Crippen molar-refractivity contribution in [3.05, 3.63) is 29.8 Å². The third-order valence-corrected chi connectivity index (χ3v) is 3.51. The van der Waals surface area contributed by atoms with Gasteiger partial charge in [-0.25, -0.2) is 0 Å². The van der Waals surface area contributed by atoms with E-state index in [9.17, 15) is 18.1 Å². The van der Waals surface area contributed by atoms with Crippen LogP contribution in [-0.2, 0) is 5.60 Å².